The highest BCUT2D eigenvalue weighted by atomic mass is 16.1. The van der Waals surface area contributed by atoms with E-state index in [1.54, 1.807) is 4.57 Å². The van der Waals surface area contributed by atoms with Crippen molar-refractivity contribution in [3.8, 4) is 0 Å². The van der Waals surface area contributed by atoms with E-state index >= 15 is 0 Å². The van der Waals surface area contributed by atoms with Gasteiger partial charge in [-0.2, -0.15) is 4.98 Å². The van der Waals surface area contributed by atoms with Crippen LogP contribution >= 0.6 is 0 Å². The van der Waals surface area contributed by atoms with Crippen LogP contribution in [-0.2, 0) is 6.54 Å². The Kier molecular flexibility index (Phi) is 3.08. The molecule has 1 aliphatic rings. The number of anilines is 2. The van der Waals surface area contributed by atoms with E-state index in [9.17, 15) is 4.79 Å². The van der Waals surface area contributed by atoms with Gasteiger partial charge in [-0.05, 0) is 36.2 Å². The van der Waals surface area contributed by atoms with Gasteiger partial charge in [0.2, 0.25) is 0 Å². The van der Waals surface area contributed by atoms with Gasteiger partial charge in [0.15, 0.2) is 0 Å². The fourth-order valence-corrected chi connectivity index (χ4v) is 3.22. The molecule has 3 aromatic rings. The molecule has 0 radical (unpaired) electrons. The number of nitrogens with zero attached hydrogens (tertiary/aromatic N) is 2. The molecule has 0 bridgehead atoms. The van der Waals surface area contributed by atoms with Crippen molar-refractivity contribution in [2.75, 3.05) is 17.6 Å². The molecule has 0 unspecified atom stereocenters. The summed E-state index contributed by atoms with van der Waals surface area (Å²) in [7, 11) is 0. The van der Waals surface area contributed by atoms with Gasteiger partial charge in [-0.1, -0.05) is 24.3 Å². The Morgan fingerprint density at radius 3 is 2.91 bits per heavy atom. The molecule has 116 valence electrons. The van der Waals surface area contributed by atoms with Crippen molar-refractivity contribution >= 4 is 22.4 Å². The first-order valence-electron chi connectivity index (χ1n) is 7.73. The highest BCUT2D eigenvalue weighted by Gasteiger charge is 2.23. The summed E-state index contributed by atoms with van der Waals surface area (Å²) < 4.78 is 1.74. The first-order valence-corrected chi connectivity index (χ1v) is 7.73. The Labute approximate surface area is 133 Å². The van der Waals surface area contributed by atoms with Crippen LogP contribution in [0.25, 0.3) is 10.9 Å². The molecule has 0 fully saturated rings. The largest absolute Gasteiger partial charge is 0.399 e. The second-order valence-corrected chi connectivity index (χ2v) is 6.06. The maximum atomic E-state index is 12.4. The third kappa shape index (κ3) is 2.25. The molecular weight excluding hydrogens is 288 g/mol. The Balaban J connectivity index is 1.79. The van der Waals surface area contributed by atoms with Gasteiger partial charge < -0.3 is 11.1 Å². The number of nitrogens with two attached hydrogens (primary N) is 1. The number of nitrogen functional groups attached to an aromatic ring is 1. The minimum absolute atomic E-state index is 0.205. The quantitative estimate of drug-likeness (QED) is 0.678. The first kappa shape index (κ1) is 13.8. The fraction of sp³-hybridized carbons (Fsp3) is 0.222. The molecule has 1 aromatic heterocycles. The molecule has 1 aliphatic heterocycles. The summed E-state index contributed by atoms with van der Waals surface area (Å²) >= 11 is 0. The number of hydrogen-bond acceptors (Lipinski definition) is 4. The molecule has 23 heavy (non-hydrogen) atoms. The fourth-order valence-electron chi connectivity index (χ4n) is 3.22. The van der Waals surface area contributed by atoms with E-state index in [4.69, 9.17) is 5.73 Å². The lowest BCUT2D eigenvalue weighted by molar-refractivity contribution is 0.530. The number of benzene rings is 2. The van der Waals surface area contributed by atoms with Gasteiger partial charge in [-0.15, -0.1) is 0 Å². The summed E-state index contributed by atoms with van der Waals surface area (Å²) in [5.41, 5.74) is 9.48. The van der Waals surface area contributed by atoms with Crippen molar-refractivity contribution in [1.82, 2.24) is 9.55 Å². The maximum absolute atomic E-state index is 12.4. The van der Waals surface area contributed by atoms with Crippen LogP contribution in [0.15, 0.2) is 47.3 Å². The monoisotopic (exact) mass is 306 g/mol. The zero-order valence-corrected chi connectivity index (χ0v) is 12.9. The summed E-state index contributed by atoms with van der Waals surface area (Å²) in [6, 6.07) is 13.8. The van der Waals surface area contributed by atoms with E-state index in [2.05, 4.69) is 16.4 Å². The molecule has 0 spiro atoms. The van der Waals surface area contributed by atoms with Gasteiger partial charge in [-0.25, -0.2) is 4.79 Å². The van der Waals surface area contributed by atoms with Gasteiger partial charge in [0.1, 0.15) is 5.82 Å². The number of nitrogens with one attached hydrogen (secondary N) is 1. The van der Waals surface area contributed by atoms with Crippen LogP contribution in [0.5, 0.6) is 0 Å². The van der Waals surface area contributed by atoms with Gasteiger partial charge in [0.05, 0.1) is 5.52 Å². The molecule has 0 aliphatic carbocycles. The number of aryl methyl sites for hydroxylation is 1. The molecule has 0 saturated carbocycles. The molecular formula is C18H18N4O. The first-order chi connectivity index (χ1) is 11.1. The van der Waals surface area contributed by atoms with Crippen molar-refractivity contribution < 1.29 is 0 Å². The zero-order chi connectivity index (χ0) is 16.0. The third-order valence-corrected chi connectivity index (χ3v) is 4.56. The summed E-state index contributed by atoms with van der Waals surface area (Å²) in [6.07, 6.45) is 0. The topological polar surface area (TPSA) is 72.9 Å². The lowest BCUT2D eigenvalue weighted by Crippen LogP contribution is -2.35. The van der Waals surface area contributed by atoms with E-state index in [1.165, 1.54) is 5.56 Å². The second-order valence-electron chi connectivity index (χ2n) is 6.06. The Bertz CT molecular complexity index is 961. The molecule has 3 N–H and O–H groups in total. The maximum Gasteiger partial charge on any atom is 0.349 e. The Hall–Kier alpha value is -2.82. The van der Waals surface area contributed by atoms with E-state index in [-0.39, 0.29) is 11.6 Å². The molecule has 0 amide bonds. The third-order valence-electron chi connectivity index (χ3n) is 4.56. The number of aromatic nitrogens is 2. The van der Waals surface area contributed by atoms with Crippen LogP contribution in [0.1, 0.15) is 17.0 Å². The normalized spacial score (nSPS) is 16.8. The average molecular weight is 306 g/mol. The van der Waals surface area contributed by atoms with Crippen LogP contribution in [-0.4, -0.2) is 16.1 Å². The number of para-hydroxylation sites is 1. The van der Waals surface area contributed by atoms with Gasteiger partial charge >= 0.3 is 5.69 Å². The lowest BCUT2D eigenvalue weighted by atomic mass is 9.95. The Morgan fingerprint density at radius 2 is 2.09 bits per heavy atom. The highest BCUT2D eigenvalue weighted by Crippen LogP contribution is 2.29. The second kappa shape index (κ2) is 5.12. The molecule has 2 aromatic carbocycles. The summed E-state index contributed by atoms with van der Waals surface area (Å²) in [4.78, 5) is 16.6. The standard InChI is InChI=1S/C18H18N4O/c1-11-8-12(6-7-15(11)19)13-9-20-17-14-4-2-3-5-16(14)21-18(23)22(17)10-13/h2-8,13,20H,9-10,19H2,1H3/t13-/m1/s1. The van der Waals surface area contributed by atoms with Crippen molar-refractivity contribution in [1.29, 1.82) is 0 Å². The van der Waals surface area contributed by atoms with Crippen LogP contribution in [0, 0.1) is 6.92 Å². The lowest BCUT2D eigenvalue weighted by Gasteiger charge is -2.28. The van der Waals surface area contributed by atoms with Gasteiger partial charge in [0.25, 0.3) is 0 Å². The van der Waals surface area contributed by atoms with Crippen molar-refractivity contribution in [3.05, 3.63) is 64.1 Å². The van der Waals surface area contributed by atoms with Gasteiger partial charge in [-0.3, -0.25) is 4.57 Å². The van der Waals surface area contributed by atoms with Crippen molar-refractivity contribution in [2.45, 2.75) is 19.4 Å². The summed E-state index contributed by atoms with van der Waals surface area (Å²) in [5.74, 6) is 1.09. The predicted octanol–water partition coefficient (Wildman–Crippen LogP) is 2.50. The molecule has 5 heteroatoms. The van der Waals surface area contributed by atoms with Crippen molar-refractivity contribution in [2.24, 2.45) is 0 Å². The van der Waals surface area contributed by atoms with Crippen molar-refractivity contribution in [3.63, 3.8) is 0 Å². The predicted molar refractivity (Wildman–Crippen MR) is 92.8 cm³/mol. The smallest absolute Gasteiger partial charge is 0.349 e. The van der Waals surface area contributed by atoms with E-state index in [0.717, 1.165) is 34.5 Å². The van der Waals surface area contributed by atoms with Crippen LogP contribution in [0.4, 0.5) is 11.5 Å². The highest BCUT2D eigenvalue weighted by molar-refractivity contribution is 5.89. The molecule has 1 atom stereocenters. The van der Waals surface area contributed by atoms with E-state index in [1.807, 2.05) is 43.3 Å². The molecule has 5 nitrogen and oxygen atoms in total. The summed E-state index contributed by atoms with van der Waals surface area (Å²) in [6.45, 7) is 3.42. The zero-order valence-electron chi connectivity index (χ0n) is 12.9. The Morgan fingerprint density at radius 1 is 1.26 bits per heavy atom. The van der Waals surface area contributed by atoms with Crippen LogP contribution < -0.4 is 16.7 Å². The summed E-state index contributed by atoms with van der Waals surface area (Å²) in [5, 5.41) is 4.41. The minimum atomic E-state index is -0.205. The van der Waals surface area contributed by atoms with Gasteiger partial charge in [0, 0.05) is 30.1 Å². The van der Waals surface area contributed by atoms with E-state index < -0.39 is 0 Å². The number of hydrogen-bond donors (Lipinski definition) is 2. The SMILES string of the molecule is Cc1cc([C@@H]2CNc3c4ccccc4nc(=O)n3C2)ccc1N. The van der Waals surface area contributed by atoms with Crippen LogP contribution in [0.2, 0.25) is 0 Å². The molecule has 0 saturated heterocycles. The van der Waals surface area contributed by atoms with E-state index in [0.29, 0.717) is 6.54 Å². The average Bonchev–Trinajstić information content (AvgIpc) is 2.57. The number of rotatable bonds is 1. The van der Waals surface area contributed by atoms with Crippen LogP contribution in [0.3, 0.4) is 0 Å². The molecule has 2 heterocycles. The number of fused-ring (bicyclic) bond motifs is 3. The molecule has 4 rings (SSSR count). The minimum Gasteiger partial charge on any atom is -0.399 e.